The molecule has 0 aliphatic carbocycles. The first-order valence-electron chi connectivity index (χ1n) is 4.24. The van der Waals surface area contributed by atoms with Gasteiger partial charge in [-0.2, -0.15) is 0 Å². The maximum Gasteiger partial charge on any atom is 0.320 e. The fraction of sp³-hybridized carbons (Fsp3) is 0.875. The van der Waals surface area contributed by atoms with Gasteiger partial charge >= 0.3 is 5.97 Å². The molecule has 4 N–H and O–H groups in total. The van der Waals surface area contributed by atoms with Crippen LogP contribution in [0, 0.1) is 0 Å². The summed E-state index contributed by atoms with van der Waals surface area (Å²) in [5.74, 6) is -1.05. The molecule has 0 aromatic carbocycles. The molecule has 0 aromatic rings. The van der Waals surface area contributed by atoms with E-state index in [0.29, 0.717) is 6.42 Å². The third-order valence-electron chi connectivity index (χ3n) is 1.73. The summed E-state index contributed by atoms with van der Waals surface area (Å²) in [6.07, 6.45) is 2.12. The minimum atomic E-state index is -1.05. The van der Waals surface area contributed by atoms with E-state index in [9.17, 15) is 9.90 Å². The Balaban J connectivity index is 3.53. The summed E-state index contributed by atoms with van der Waals surface area (Å²) in [5, 5.41) is 17.7. The number of hydrogen-bond donors (Lipinski definition) is 3. The number of nitrogens with two attached hydrogens (primary N) is 1. The van der Waals surface area contributed by atoms with E-state index in [0.717, 1.165) is 12.8 Å². The molecule has 0 saturated heterocycles. The summed E-state index contributed by atoms with van der Waals surface area (Å²) in [5.41, 5.74) is 5.23. The molecule has 0 aliphatic rings. The van der Waals surface area contributed by atoms with Crippen LogP contribution in [0.3, 0.4) is 0 Å². The van der Waals surface area contributed by atoms with E-state index in [1.807, 2.05) is 6.92 Å². The van der Waals surface area contributed by atoms with Crippen LogP contribution in [0.5, 0.6) is 0 Å². The third kappa shape index (κ3) is 5.09. The number of carboxylic acid groups (broad SMARTS) is 1. The average molecular weight is 175 g/mol. The fourth-order valence-electron chi connectivity index (χ4n) is 0.952. The number of rotatable bonds is 6. The van der Waals surface area contributed by atoms with E-state index < -0.39 is 18.1 Å². The quantitative estimate of drug-likeness (QED) is 0.543. The first-order valence-corrected chi connectivity index (χ1v) is 4.24. The smallest absolute Gasteiger partial charge is 0.320 e. The minimum absolute atomic E-state index is 0.148. The molecule has 4 heteroatoms. The molecule has 0 radical (unpaired) electrons. The molecule has 0 heterocycles. The van der Waals surface area contributed by atoms with Crippen molar-refractivity contribution >= 4 is 5.97 Å². The van der Waals surface area contributed by atoms with E-state index in [2.05, 4.69) is 0 Å². The summed E-state index contributed by atoms with van der Waals surface area (Å²) >= 11 is 0. The Kier molecular flexibility index (Phi) is 5.66. The molecule has 72 valence electrons. The van der Waals surface area contributed by atoms with Crippen molar-refractivity contribution in [3.05, 3.63) is 0 Å². The first kappa shape index (κ1) is 11.4. The predicted octanol–water partition coefficient (Wildman–Crippen LogP) is 0.339. The SMILES string of the molecule is CCCC[C@@H](O)C[C@H](N)C(=O)O. The van der Waals surface area contributed by atoms with Gasteiger partial charge in [-0.05, 0) is 12.8 Å². The zero-order chi connectivity index (χ0) is 9.56. The highest BCUT2D eigenvalue weighted by molar-refractivity contribution is 5.73. The van der Waals surface area contributed by atoms with Crippen LogP contribution in [0.2, 0.25) is 0 Å². The zero-order valence-electron chi connectivity index (χ0n) is 7.36. The van der Waals surface area contributed by atoms with Gasteiger partial charge in [0.15, 0.2) is 0 Å². The van der Waals surface area contributed by atoms with Crippen molar-refractivity contribution in [1.82, 2.24) is 0 Å². The largest absolute Gasteiger partial charge is 0.480 e. The van der Waals surface area contributed by atoms with Gasteiger partial charge in [-0.3, -0.25) is 4.79 Å². The van der Waals surface area contributed by atoms with Gasteiger partial charge in [0.25, 0.3) is 0 Å². The number of carbonyl (C=O) groups is 1. The molecule has 4 nitrogen and oxygen atoms in total. The van der Waals surface area contributed by atoms with Crippen molar-refractivity contribution in [3.8, 4) is 0 Å². The summed E-state index contributed by atoms with van der Waals surface area (Å²) in [4.78, 5) is 10.3. The van der Waals surface area contributed by atoms with Gasteiger partial charge in [-0.15, -0.1) is 0 Å². The minimum Gasteiger partial charge on any atom is -0.480 e. The Hall–Kier alpha value is -0.610. The van der Waals surface area contributed by atoms with Gasteiger partial charge in [-0.25, -0.2) is 0 Å². The molecule has 0 aliphatic heterocycles. The number of hydrogen-bond acceptors (Lipinski definition) is 3. The molecule has 0 saturated carbocycles. The predicted molar refractivity (Wildman–Crippen MR) is 45.8 cm³/mol. The lowest BCUT2D eigenvalue weighted by Crippen LogP contribution is -2.33. The van der Waals surface area contributed by atoms with Gasteiger partial charge in [0, 0.05) is 0 Å². The highest BCUT2D eigenvalue weighted by atomic mass is 16.4. The number of carboxylic acids is 1. The van der Waals surface area contributed by atoms with Crippen molar-refractivity contribution in [2.45, 2.75) is 44.8 Å². The van der Waals surface area contributed by atoms with Gasteiger partial charge in [0.2, 0.25) is 0 Å². The summed E-state index contributed by atoms with van der Waals surface area (Å²) in [7, 11) is 0. The number of aliphatic hydroxyl groups excluding tert-OH is 1. The van der Waals surface area contributed by atoms with Crippen LogP contribution in [-0.2, 0) is 4.79 Å². The number of aliphatic carboxylic acids is 1. The molecule has 0 rings (SSSR count). The highest BCUT2D eigenvalue weighted by Gasteiger charge is 2.15. The van der Waals surface area contributed by atoms with Crippen LogP contribution in [0.4, 0.5) is 0 Å². The van der Waals surface area contributed by atoms with Crippen molar-refractivity contribution in [3.63, 3.8) is 0 Å². The molecular formula is C8H17NO3. The second-order valence-electron chi connectivity index (χ2n) is 2.98. The van der Waals surface area contributed by atoms with E-state index in [1.54, 1.807) is 0 Å². The second kappa shape index (κ2) is 5.97. The van der Waals surface area contributed by atoms with E-state index in [4.69, 9.17) is 10.8 Å². The van der Waals surface area contributed by atoms with Gasteiger partial charge in [-0.1, -0.05) is 19.8 Å². The Morgan fingerprint density at radius 1 is 1.58 bits per heavy atom. The lowest BCUT2D eigenvalue weighted by Gasteiger charge is -2.12. The van der Waals surface area contributed by atoms with E-state index >= 15 is 0 Å². The Morgan fingerprint density at radius 3 is 2.58 bits per heavy atom. The van der Waals surface area contributed by atoms with Crippen LogP contribution in [0.1, 0.15) is 32.6 Å². The molecule has 0 fully saturated rings. The first-order chi connectivity index (χ1) is 5.57. The van der Waals surface area contributed by atoms with Crippen LogP contribution >= 0.6 is 0 Å². The van der Waals surface area contributed by atoms with Gasteiger partial charge < -0.3 is 15.9 Å². The Bertz CT molecular complexity index is 138. The van der Waals surface area contributed by atoms with E-state index in [-0.39, 0.29) is 6.42 Å². The lowest BCUT2D eigenvalue weighted by molar-refractivity contribution is -0.139. The van der Waals surface area contributed by atoms with Crippen LogP contribution in [0.15, 0.2) is 0 Å². The zero-order valence-corrected chi connectivity index (χ0v) is 7.36. The second-order valence-corrected chi connectivity index (χ2v) is 2.98. The normalized spacial score (nSPS) is 15.6. The standard InChI is InChI=1S/C8H17NO3/c1-2-3-4-6(10)5-7(9)8(11)12/h6-7,10H,2-5,9H2,1H3,(H,11,12)/t6-,7+/m1/s1. The third-order valence-corrected chi connectivity index (χ3v) is 1.73. The monoisotopic (exact) mass is 175 g/mol. The molecule has 0 amide bonds. The van der Waals surface area contributed by atoms with Crippen LogP contribution in [0.25, 0.3) is 0 Å². The average Bonchev–Trinajstić information content (AvgIpc) is 2.00. The highest BCUT2D eigenvalue weighted by Crippen LogP contribution is 2.05. The lowest BCUT2D eigenvalue weighted by atomic mass is 10.1. The van der Waals surface area contributed by atoms with E-state index in [1.165, 1.54) is 0 Å². The molecule has 0 spiro atoms. The number of aliphatic hydroxyl groups is 1. The molecule has 0 aromatic heterocycles. The fourth-order valence-corrected chi connectivity index (χ4v) is 0.952. The van der Waals surface area contributed by atoms with Crippen molar-refractivity contribution in [2.24, 2.45) is 5.73 Å². The van der Waals surface area contributed by atoms with Crippen LogP contribution < -0.4 is 5.73 Å². The van der Waals surface area contributed by atoms with Crippen molar-refractivity contribution in [2.75, 3.05) is 0 Å². The van der Waals surface area contributed by atoms with Crippen LogP contribution in [-0.4, -0.2) is 28.3 Å². The van der Waals surface area contributed by atoms with Gasteiger partial charge in [0.05, 0.1) is 6.10 Å². The van der Waals surface area contributed by atoms with Crippen molar-refractivity contribution < 1.29 is 15.0 Å². The topological polar surface area (TPSA) is 83.5 Å². The van der Waals surface area contributed by atoms with Crippen molar-refractivity contribution in [1.29, 1.82) is 0 Å². The molecule has 12 heavy (non-hydrogen) atoms. The molecular weight excluding hydrogens is 158 g/mol. The molecule has 0 unspecified atom stereocenters. The summed E-state index contributed by atoms with van der Waals surface area (Å²) in [6, 6.07) is -0.933. The molecule has 2 atom stereocenters. The summed E-state index contributed by atoms with van der Waals surface area (Å²) in [6.45, 7) is 2.02. The maximum atomic E-state index is 10.3. The Labute approximate surface area is 72.4 Å². The molecule has 0 bridgehead atoms. The number of unbranched alkanes of at least 4 members (excludes halogenated alkanes) is 1. The van der Waals surface area contributed by atoms with Gasteiger partial charge in [0.1, 0.15) is 6.04 Å². The summed E-state index contributed by atoms with van der Waals surface area (Å²) < 4.78 is 0. The Morgan fingerprint density at radius 2 is 2.17 bits per heavy atom. The maximum absolute atomic E-state index is 10.3.